The number of rotatable bonds is 8. The summed E-state index contributed by atoms with van der Waals surface area (Å²) >= 11 is 0. The molecule has 0 aliphatic carbocycles. The van der Waals surface area contributed by atoms with Gasteiger partial charge in [-0.15, -0.1) is 0 Å². The third-order valence-electron chi connectivity index (χ3n) is 4.94. The van der Waals surface area contributed by atoms with Gasteiger partial charge in [-0.3, -0.25) is 4.79 Å². The quantitative estimate of drug-likeness (QED) is 0.471. The number of Topliss-reactive ketones (excluding diaryl/α,β-unsaturated/α-hetero) is 1. The van der Waals surface area contributed by atoms with E-state index in [1.54, 1.807) is 35.0 Å². The molecule has 0 saturated carbocycles. The highest BCUT2D eigenvalue weighted by atomic mass is 16.5. The highest BCUT2D eigenvalue weighted by Crippen LogP contribution is 2.19. The first kappa shape index (κ1) is 19.5. The number of ether oxygens (including phenoxy) is 1. The van der Waals surface area contributed by atoms with E-state index in [1.807, 2.05) is 42.5 Å². The molecule has 1 N–H and O–H groups in total. The van der Waals surface area contributed by atoms with Crippen LogP contribution in [0.4, 0.5) is 0 Å². The lowest BCUT2D eigenvalue weighted by Gasteiger charge is -2.08. The van der Waals surface area contributed by atoms with Gasteiger partial charge in [-0.05, 0) is 53.9 Å². The summed E-state index contributed by atoms with van der Waals surface area (Å²) in [6.45, 7) is 0.146. The number of carboxylic acid groups (broad SMARTS) is 1. The molecule has 0 bridgehead atoms. The molecule has 5 heteroatoms. The van der Waals surface area contributed by atoms with Gasteiger partial charge in [-0.25, -0.2) is 4.79 Å². The van der Waals surface area contributed by atoms with E-state index >= 15 is 0 Å². The van der Waals surface area contributed by atoms with Gasteiger partial charge in [0.2, 0.25) is 0 Å². The summed E-state index contributed by atoms with van der Waals surface area (Å²) in [5.74, 6) is -0.379. The van der Waals surface area contributed by atoms with Gasteiger partial charge < -0.3 is 14.4 Å². The van der Waals surface area contributed by atoms with Crippen LogP contribution in [0.25, 0.3) is 10.9 Å². The fourth-order valence-corrected chi connectivity index (χ4v) is 3.41. The number of carbonyl (C=O) groups is 2. The Kier molecular flexibility index (Phi) is 5.61. The van der Waals surface area contributed by atoms with Crippen molar-refractivity contribution in [1.29, 1.82) is 0 Å². The Bertz CT molecular complexity index is 1180. The van der Waals surface area contributed by atoms with Gasteiger partial charge in [-0.1, -0.05) is 42.5 Å². The molecule has 5 nitrogen and oxygen atoms in total. The average molecular weight is 399 g/mol. The maximum atomic E-state index is 12.4. The molecule has 0 saturated heterocycles. The Morgan fingerprint density at radius 3 is 2.33 bits per heavy atom. The SMILES string of the molecule is O=C(COc1ccc(Cc2ccccc2)cc1)Cn1ccc2cc(C(=O)O)ccc21. The Hall–Kier alpha value is -3.86. The predicted molar refractivity (Wildman–Crippen MR) is 115 cm³/mol. The predicted octanol–water partition coefficient (Wildman–Crippen LogP) is 4.58. The number of aromatic nitrogens is 1. The van der Waals surface area contributed by atoms with Gasteiger partial charge in [0.1, 0.15) is 12.4 Å². The van der Waals surface area contributed by atoms with Crippen LogP contribution in [0.5, 0.6) is 5.75 Å². The van der Waals surface area contributed by atoms with Crippen molar-refractivity contribution in [1.82, 2.24) is 4.57 Å². The molecule has 0 unspecified atom stereocenters. The second-order valence-corrected chi connectivity index (χ2v) is 7.16. The van der Waals surface area contributed by atoms with Gasteiger partial charge in [0.15, 0.2) is 5.78 Å². The van der Waals surface area contributed by atoms with Gasteiger partial charge in [-0.2, -0.15) is 0 Å². The maximum absolute atomic E-state index is 12.4. The zero-order valence-electron chi connectivity index (χ0n) is 16.3. The van der Waals surface area contributed by atoms with Gasteiger partial charge >= 0.3 is 5.97 Å². The van der Waals surface area contributed by atoms with Crippen LogP contribution >= 0.6 is 0 Å². The maximum Gasteiger partial charge on any atom is 0.335 e. The highest BCUT2D eigenvalue weighted by molar-refractivity contribution is 5.94. The third kappa shape index (κ3) is 4.58. The first-order valence-corrected chi connectivity index (χ1v) is 9.68. The average Bonchev–Trinajstić information content (AvgIpc) is 3.16. The van der Waals surface area contributed by atoms with Crippen LogP contribution in [0.2, 0.25) is 0 Å². The molecule has 1 aromatic heterocycles. The Labute approximate surface area is 174 Å². The van der Waals surface area contributed by atoms with Crippen LogP contribution in [-0.2, 0) is 17.8 Å². The molecule has 0 aliphatic rings. The van der Waals surface area contributed by atoms with E-state index in [0.717, 1.165) is 17.3 Å². The summed E-state index contributed by atoms with van der Waals surface area (Å²) in [5.41, 5.74) is 3.47. The largest absolute Gasteiger partial charge is 0.486 e. The molecule has 150 valence electrons. The molecular weight excluding hydrogens is 378 g/mol. The van der Waals surface area contributed by atoms with Crippen molar-refractivity contribution in [2.24, 2.45) is 0 Å². The van der Waals surface area contributed by atoms with Crippen molar-refractivity contribution >= 4 is 22.7 Å². The Morgan fingerprint density at radius 2 is 1.60 bits per heavy atom. The number of benzene rings is 3. The van der Waals surface area contributed by atoms with E-state index in [0.29, 0.717) is 5.75 Å². The van der Waals surface area contributed by atoms with Crippen molar-refractivity contribution in [3.63, 3.8) is 0 Å². The number of hydrogen-bond donors (Lipinski definition) is 1. The first-order valence-electron chi connectivity index (χ1n) is 9.68. The molecule has 0 spiro atoms. The summed E-state index contributed by atoms with van der Waals surface area (Å²) in [6, 6.07) is 24.7. The Balaban J connectivity index is 1.33. The molecule has 0 radical (unpaired) electrons. The summed E-state index contributed by atoms with van der Waals surface area (Å²) in [7, 11) is 0. The number of hydrogen-bond acceptors (Lipinski definition) is 3. The summed E-state index contributed by atoms with van der Waals surface area (Å²) in [4.78, 5) is 23.5. The van der Waals surface area contributed by atoms with Gasteiger partial charge in [0.05, 0.1) is 12.1 Å². The van der Waals surface area contributed by atoms with Crippen molar-refractivity contribution in [3.8, 4) is 5.75 Å². The molecule has 1 heterocycles. The highest BCUT2D eigenvalue weighted by Gasteiger charge is 2.10. The molecule has 0 amide bonds. The molecule has 0 fully saturated rings. The number of carbonyl (C=O) groups excluding carboxylic acids is 1. The number of nitrogens with zero attached hydrogens (tertiary/aromatic N) is 1. The number of ketones is 1. The van der Waals surface area contributed by atoms with Crippen molar-refractivity contribution < 1.29 is 19.4 Å². The minimum Gasteiger partial charge on any atom is -0.486 e. The lowest BCUT2D eigenvalue weighted by atomic mass is 10.1. The topological polar surface area (TPSA) is 68.5 Å². The molecule has 4 rings (SSSR count). The molecule has 4 aromatic rings. The summed E-state index contributed by atoms with van der Waals surface area (Å²) in [5, 5.41) is 9.88. The van der Waals surface area contributed by atoms with Crippen LogP contribution in [0.15, 0.2) is 85.1 Å². The van der Waals surface area contributed by atoms with E-state index in [2.05, 4.69) is 12.1 Å². The zero-order chi connectivity index (χ0) is 20.9. The number of fused-ring (bicyclic) bond motifs is 1. The minimum atomic E-state index is -0.969. The molecule has 30 heavy (non-hydrogen) atoms. The molecular formula is C25H21NO4. The Morgan fingerprint density at radius 1 is 0.867 bits per heavy atom. The lowest BCUT2D eigenvalue weighted by Crippen LogP contribution is -2.17. The number of carboxylic acids is 1. The normalized spacial score (nSPS) is 10.8. The van der Waals surface area contributed by atoms with E-state index in [1.165, 1.54) is 11.1 Å². The van der Waals surface area contributed by atoms with E-state index in [4.69, 9.17) is 9.84 Å². The van der Waals surface area contributed by atoms with Crippen LogP contribution in [0, 0.1) is 0 Å². The molecule has 0 atom stereocenters. The lowest BCUT2D eigenvalue weighted by molar-refractivity contribution is -0.121. The van der Waals surface area contributed by atoms with Crippen LogP contribution in [0.3, 0.4) is 0 Å². The van der Waals surface area contributed by atoms with Crippen LogP contribution in [-0.4, -0.2) is 28.0 Å². The van der Waals surface area contributed by atoms with Gasteiger partial charge in [0.25, 0.3) is 0 Å². The number of aromatic carboxylic acids is 1. The van der Waals surface area contributed by atoms with Crippen molar-refractivity contribution in [3.05, 3.63) is 102 Å². The van der Waals surface area contributed by atoms with Crippen LogP contribution in [0.1, 0.15) is 21.5 Å². The first-order chi connectivity index (χ1) is 14.6. The fourth-order valence-electron chi connectivity index (χ4n) is 3.41. The standard InChI is InChI=1S/C25H21NO4/c27-22(16-26-13-12-20-15-21(25(28)29)8-11-24(20)26)17-30-23-9-6-19(7-10-23)14-18-4-2-1-3-5-18/h1-13,15H,14,16-17H2,(H,28,29). The third-order valence-corrected chi connectivity index (χ3v) is 4.94. The molecule has 0 aliphatic heterocycles. The second kappa shape index (κ2) is 8.66. The molecule has 3 aromatic carbocycles. The second-order valence-electron chi connectivity index (χ2n) is 7.16. The van der Waals surface area contributed by atoms with E-state index < -0.39 is 5.97 Å². The smallest absolute Gasteiger partial charge is 0.335 e. The summed E-state index contributed by atoms with van der Waals surface area (Å²) < 4.78 is 7.45. The fraction of sp³-hybridized carbons (Fsp3) is 0.120. The van der Waals surface area contributed by atoms with Crippen molar-refractivity contribution in [2.45, 2.75) is 13.0 Å². The van der Waals surface area contributed by atoms with Gasteiger partial charge in [0, 0.05) is 17.1 Å². The van der Waals surface area contributed by atoms with Crippen molar-refractivity contribution in [2.75, 3.05) is 6.61 Å². The van der Waals surface area contributed by atoms with E-state index in [-0.39, 0.29) is 24.5 Å². The minimum absolute atomic E-state index is 0.0229. The summed E-state index contributed by atoms with van der Waals surface area (Å²) in [6.07, 6.45) is 2.64. The monoisotopic (exact) mass is 399 g/mol. The van der Waals surface area contributed by atoms with Crippen LogP contribution < -0.4 is 4.74 Å². The van der Waals surface area contributed by atoms with E-state index in [9.17, 15) is 9.59 Å². The zero-order valence-corrected chi connectivity index (χ0v) is 16.3.